The lowest BCUT2D eigenvalue weighted by molar-refractivity contribution is 0.173. The first-order valence-electron chi connectivity index (χ1n) is 3.81. The number of alkyl halides is 1. The molecule has 0 unspecified atom stereocenters. The first kappa shape index (κ1) is 7.31. The van der Waals surface area contributed by atoms with Crippen LogP contribution in [0.5, 0.6) is 0 Å². The summed E-state index contributed by atoms with van der Waals surface area (Å²) in [4.78, 5) is 5.08. The van der Waals surface area contributed by atoms with Crippen molar-refractivity contribution < 1.29 is 0 Å². The van der Waals surface area contributed by atoms with Gasteiger partial charge in [-0.3, -0.25) is 4.90 Å². The van der Waals surface area contributed by atoms with E-state index in [1.54, 1.807) is 0 Å². The Morgan fingerprint density at radius 1 is 1.40 bits per heavy atom. The summed E-state index contributed by atoms with van der Waals surface area (Å²) in [6.45, 7) is 2.61. The molecule has 2 nitrogen and oxygen atoms in total. The topological polar surface area (TPSA) is 6.48 Å². The number of hydrogen-bond donors (Lipinski definition) is 0. The number of hydrogen-bond acceptors (Lipinski definition) is 2. The van der Waals surface area contributed by atoms with Crippen molar-refractivity contribution in [3.63, 3.8) is 0 Å². The molecule has 2 aliphatic heterocycles. The van der Waals surface area contributed by atoms with E-state index in [-0.39, 0.29) is 0 Å². The Morgan fingerprint density at radius 2 is 2.20 bits per heavy atom. The van der Waals surface area contributed by atoms with Crippen molar-refractivity contribution in [1.82, 2.24) is 9.80 Å². The summed E-state index contributed by atoms with van der Waals surface area (Å²) in [5, 5.41) is 0. The van der Waals surface area contributed by atoms with Gasteiger partial charge in [-0.2, -0.15) is 0 Å². The standard InChI is InChI=1S/C7H13IN2/c1-9-3-7-2-6(9)4-10(7)5-8/h6-7H,2-5H2,1H3/t6-,7-/m0/s1. The van der Waals surface area contributed by atoms with Gasteiger partial charge >= 0.3 is 0 Å². The van der Waals surface area contributed by atoms with Gasteiger partial charge in [0.05, 0.1) is 4.55 Å². The minimum Gasteiger partial charge on any atom is -0.301 e. The second-order valence-corrected chi connectivity index (χ2v) is 4.06. The zero-order chi connectivity index (χ0) is 7.14. The van der Waals surface area contributed by atoms with E-state index in [1.807, 2.05) is 0 Å². The van der Waals surface area contributed by atoms with Crippen molar-refractivity contribution in [3.05, 3.63) is 0 Å². The van der Waals surface area contributed by atoms with Crippen LogP contribution in [0.25, 0.3) is 0 Å². The molecule has 3 heteroatoms. The zero-order valence-corrected chi connectivity index (χ0v) is 8.41. The third kappa shape index (κ3) is 0.987. The van der Waals surface area contributed by atoms with Gasteiger partial charge < -0.3 is 4.90 Å². The summed E-state index contributed by atoms with van der Waals surface area (Å²) in [7, 11) is 2.25. The van der Waals surface area contributed by atoms with Crippen LogP contribution in [0.15, 0.2) is 0 Å². The maximum Gasteiger partial charge on any atom is 0.0509 e. The maximum atomic E-state index is 2.59. The van der Waals surface area contributed by atoms with Crippen molar-refractivity contribution in [2.75, 3.05) is 24.7 Å². The van der Waals surface area contributed by atoms with Gasteiger partial charge in [0.25, 0.3) is 0 Å². The Morgan fingerprint density at radius 3 is 2.60 bits per heavy atom. The number of nitrogens with zero attached hydrogens (tertiary/aromatic N) is 2. The van der Waals surface area contributed by atoms with Crippen molar-refractivity contribution >= 4 is 22.6 Å². The number of likely N-dealkylation sites (tertiary alicyclic amines) is 2. The first-order valence-corrected chi connectivity index (χ1v) is 5.34. The minimum atomic E-state index is 0.875. The van der Waals surface area contributed by atoms with Gasteiger partial charge in [-0.05, 0) is 13.5 Å². The molecule has 2 saturated heterocycles. The molecule has 2 heterocycles. The van der Waals surface area contributed by atoms with E-state index in [0.717, 1.165) is 12.1 Å². The second kappa shape index (κ2) is 2.60. The molecular formula is C7H13IN2. The summed E-state index contributed by atoms with van der Waals surface area (Å²) >= 11 is 2.46. The fourth-order valence-corrected chi connectivity index (χ4v) is 2.93. The molecule has 2 rings (SSSR count). The van der Waals surface area contributed by atoms with Gasteiger partial charge in [0.1, 0.15) is 0 Å². The Balaban J connectivity index is 2.02. The molecule has 10 heavy (non-hydrogen) atoms. The predicted octanol–water partition coefficient (Wildman–Crippen LogP) is 0.767. The molecule has 2 bridgehead atoms. The van der Waals surface area contributed by atoms with E-state index >= 15 is 0 Å². The van der Waals surface area contributed by atoms with Crippen molar-refractivity contribution in [2.24, 2.45) is 0 Å². The van der Waals surface area contributed by atoms with Crippen LogP contribution in [-0.2, 0) is 0 Å². The third-order valence-electron chi connectivity index (χ3n) is 2.78. The molecule has 0 aromatic rings. The lowest BCUT2D eigenvalue weighted by Crippen LogP contribution is -2.43. The molecule has 58 valence electrons. The van der Waals surface area contributed by atoms with Gasteiger partial charge in [0, 0.05) is 25.2 Å². The van der Waals surface area contributed by atoms with Crippen molar-refractivity contribution in [2.45, 2.75) is 18.5 Å². The highest BCUT2D eigenvalue weighted by molar-refractivity contribution is 14.1. The second-order valence-electron chi connectivity index (χ2n) is 3.37. The van der Waals surface area contributed by atoms with Crippen LogP contribution in [0.2, 0.25) is 0 Å². The highest BCUT2D eigenvalue weighted by Crippen LogP contribution is 2.29. The minimum absolute atomic E-state index is 0.875. The van der Waals surface area contributed by atoms with Gasteiger partial charge in [-0.1, -0.05) is 22.6 Å². The molecule has 0 N–H and O–H groups in total. The summed E-state index contributed by atoms with van der Waals surface area (Å²) in [5.74, 6) is 0. The Hall–Kier alpha value is 0.650. The average Bonchev–Trinajstić information content (AvgIpc) is 2.44. The van der Waals surface area contributed by atoms with Crippen LogP contribution in [0.1, 0.15) is 6.42 Å². The zero-order valence-electron chi connectivity index (χ0n) is 6.26. The number of rotatable bonds is 1. The van der Waals surface area contributed by atoms with Gasteiger partial charge in [-0.15, -0.1) is 0 Å². The molecule has 0 aromatic heterocycles. The smallest absolute Gasteiger partial charge is 0.0509 e. The molecule has 0 aromatic carbocycles. The Labute approximate surface area is 75.7 Å². The maximum absolute atomic E-state index is 2.59. The van der Waals surface area contributed by atoms with Crippen LogP contribution in [0.4, 0.5) is 0 Å². The number of piperazine rings is 1. The summed E-state index contributed by atoms with van der Waals surface area (Å²) in [5.41, 5.74) is 0. The molecule has 0 amide bonds. The van der Waals surface area contributed by atoms with E-state index in [0.29, 0.717) is 0 Å². The van der Waals surface area contributed by atoms with E-state index in [2.05, 4.69) is 39.4 Å². The van der Waals surface area contributed by atoms with E-state index < -0.39 is 0 Å². The highest BCUT2D eigenvalue weighted by Gasteiger charge is 2.40. The quantitative estimate of drug-likeness (QED) is 0.386. The average molecular weight is 252 g/mol. The first-order chi connectivity index (χ1) is 4.81. The predicted molar refractivity (Wildman–Crippen MR) is 50.4 cm³/mol. The molecule has 2 aliphatic rings. The number of halogens is 1. The van der Waals surface area contributed by atoms with Gasteiger partial charge in [0.15, 0.2) is 0 Å². The molecule has 2 atom stereocenters. The van der Waals surface area contributed by atoms with Crippen LogP contribution >= 0.6 is 22.6 Å². The molecule has 0 spiro atoms. The molecule has 2 fully saturated rings. The third-order valence-corrected chi connectivity index (χ3v) is 3.66. The molecule has 0 radical (unpaired) electrons. The van der Waals surface area contributed by atoms with Crippen LogP contribution in [0, 0.1) is 0 Å². The fraction of sp³-hybridized carbons (Fsp3) is 1.00. The number of fused-ring (bicyclic) bond motifs is 2. The monoisotopic (exact) mass is 252 g/mol. The Kier molecular flexibility index (Phi) is 1.90. The van der Waals surface area contributed by atoms with Gasteiger partial charge in [0.2, 0.25) is 0 Å². The van der Waals surface area contributed by atoms with Crippen molar-refractivity contribution in [3.8, 4) is 0 Å². The van der Waals surface area contributed by atoms with E-state index in [4.69, 9.17) is 0 Å². The molecule has 0 saturated carbocycles. The lowest BCUT2D eigenvalue weighted by atomic mass is 10.2. The van der Waals surface area contributed by atoms with Crippen LogP contribution < -0.4 is 0 Å². The molecular weight excluding hydrogens is 239 g/mol. The summed E-state index contributed by atoms with van der Waals surface area (Å²) < 4.78 is 1.22. The SMILES string of the molecule is CN1C[C@@H]2C[C@H]1CN2CI. The fourth-order valence-electron chi connectivity index (χ4n) is 2.09. The van der Waals surface area contributed by atoms with Crippen molar-refractivity contribution in [1.29, 1.82) is 0 Å². The van der Waals surface area contributed by atoms with E-state index in [9.17, 15) is 0 Å². The summed E-state index contributed by atoms with van der Waals surface area (Å²) in [6.07, 6.45) is 1.42. The lowest BCUT2D eigenvalue weighted by Gasteiger charge is -2.30. The van der Waals surface area contributed by atoms with Crippen LogP contribution in [0.3, 0.4) is 0 Å². The molecule has 0 aliphatic carbocycles. The van der Waals surface area contributed by atoms with Crippen LogP contribution in [-0.4, -0.2) is 46.6 Å². The summed E-state index contributed by atoms with van der Waals surface area (Å²) in [6, 6.07) is 1.76. The highest BCUT2D eigenvalue weighted by atomic mass is 127. The largest absolute Gasteiger partial charge is 0.301 e. The van der Waals surface area contributed by atoms with Gasteiger partial charge in [-0.25, -0.2) is 0 Å². The Bertz CT molecular complexity index is 138. The normalized spacial score (nSPS) is 41.4. The van der Waals surface area contributed by atoms with E-state index in [1.165, 1.54) is 24.1 Å². The number of likely N-dealkylation sites (N-methyl/N-ethyl adjacent to an activating group) is 1.